The molecule has 0 spiro atoms. The van der Waals surface area contributed by atoms with Crippen LogP contribution in [0.3, 0.4) is 0 Å². The van der Waals surface area contributed by atoms with Crippen LogP contribution in [0.2, 0.25) is 0 Å². The predicted molar refractivity (Wildman–Crippen MR) is 69.2 cm³/mol. The van der Waals surface area contributed by atoms with E-state index in [0.717, 1.165) is 0 Å². The van der Waals surface area contributed by atoms with E-state index in [1.165, 1.54) is 12.9 Å². The molecule has 0 bridgehead atoms. The lowest BCUT2D eigenvalue weighted by molar-refractivity contribution is -0.153. The predicted octanol–water partition coefficient (Wildman–Crippen LogP) is 1.48. The Morgan fingerprint density at radius 3 is 2.32 bits per heavy atom. The van der Waals surface area contributed by atoms with Gasteiger partial charge in [-0.25, -0.2) is 4.79 Å². The number of Topliss-reactive ketones (excluding diaryl/α,β-unsaturated/α-hetero) is 1. The largest absolute Gasteiger partial charge is 0.459 e. The lowest BCUT2D eigenvalue weighted by atomic mass is 10.1. The maximum absolute atomic E-state index is 11.4. The number of hydrogen-bond donors (Lipinski definition) is 0. The minimum atomic E-state index is -0.306. The fourth-order valence-electron chi connectivity index (χ4n) is 1.66. The second-order valence-electron chi connectivity index (χ2n) is 4.45. The first kappa shape index (κ1) is 17.3. The highest BCUT2D eigenvalue weighted by molar-refractivity contribution is 5.81. The molecule has 1 fully saturated rings. The van der Waals surface area contributed by atoms with Crippen molar-refractivity contribution in [3.63, 3.8) is 0 Å². The summed E-state index contributed by atoms with van der Waals surface area (Å²) in [4.78, 5) is 30.9. The minimum Gasteiger partial charge on any atom is -0.459 e. The molecule has 3 unspecified atom stereocenters. The van der Waals surface area contributed by atoms with Gasteiger partial charge >= 0.3 is 5.97 Å². The maximum atomic E-state index is 11.4. The third-order valence-electron chi connectivity index (χ3n) is 2.67. The number of carbonyl (C=O) groups is 2. The molecule has 1 aliphatic rings. The number of ketones is 1. The summed E-state index contributed by atoms with van der Waals surface area (Å²) < 4.78 is 10.6. The van der Waals surface area contributed by atoms with Gasteiger partial charge in [0.2, 0.25) is 0 Å². The topological polar surface area (TPSA) is 69.7 Å². The molecule has 19 heavy (non-hydrogen) atoms. The van der Waals surface area contributed by atoms with E-state index in [-0.39, 0.29) is 42.7 Å². The van der Waals surface area contributed by atoms with Crippen LogP contribution in [0.5, 0.6) is 0 Å². The summed E-state index contributed by atoms with van der Waals surface area (Å²) in [6, 6.07) is 0. The van der Waals surface area contributed by atoms with E-state index in [1.807, 2.05) is 19.6 Å². The molecule has 1 aliphatic heterocycles. The number of rotatable bonds is 4. The molecule has 1 saturated heterocycles. The molecule has 0 radical (unpaired) electrons. The van der Waals surface area contributed by atoms with Crippen molar-refractivity contribution in [1.82, 2.24) is 0 Å². The molecule has 0 aromatic heterocycles. The third kappa shape index (κ3) is 7.37. The lowest BCUT2D eigenvalue weighted by Crippen LogP contribution is -2.29. The molecule has 5 nitrogen and oxygen atoms in total. The third-order valence-corrected chi connectivity index (χ3v) is 2.67. The molecule has 0 aliphatic carbocycles. The van der Waals surface area contributed by atoms with Crippen molar-refractivity contribution in [2.24, 2.45) is 5.92 Å². The van der Waals surface area contributed by atoms with E-state index in [1.54, 1.807) is 0 Å². The van der Waals surface area contributed by atoms with Crippen molar-refractivity contribution in [3.8, 4) is 0 Å². The van der Waals surface area contributed by atoms with E-state index < -0.39 is 0 Å². The molecule has 3 atom stereocenters. The van der Waals surface area contributed by atoms with Crippen molar-refractivity contribution in [2.75, 3.05) is 6.61 Å². The fourth-order valence-corrected chi connectivity index (χ4v) is 1.66. The Morgan fingerprint density at radius 1 is 1.37 bits per heavy atom. The van der Waals surface area contributed by atoms with Crippen LogP contribution in [0, 0.1) is 5.92 Å². The zero-order valence-corrected chi connectivity index (χ0v) is 11.6. The minimum absolute atomic E-state index is 0.00992. The van der Waals surface area contributed by atoms with Gasteiger partial charge in [-0.05, 0) is 26.2 Å². The highest BCUT2D eigenvalue weighted by Gasteiger charge is 2.34. The van der Waals surface area contributed by atoms with Crippen LogP contribution in [-0.2, 0) is 23.9 Å². The first-order valence-electron chi connectivity index (χ1n) is 6.12. The van der Waals surface area contributed by atoms with E-state index in [9.17, 15) is 9.59 Å². The Kier molecular flexibility index (Phi) is 8.47. The van der Waals surface area contributed by atoms with Crippen molar-refractivity contribution < 1.29 is 23.9 Å². The summed E-state index contributed by atoms with van der Waals surface area (Å²) >= 11 is 0. The van der Waals surface area contributed by atoms with Gasteiger partial charge in [-0.3, -0.25) is 4.79 Å². The smallest absolute Gasteiger partial charge is 0.306 e. The monoisotopic (exact) mass is 268 g/mol. The number of ether oxygens (including phenoxy) is 2. The molecule has 0 N–H and O–H groups in total. The summed E-state index contributed by atoms with van der Waals surface area (Å²) in [6.45, 7) is 8.92. The molecular weight excluding hydrogens is 248 g/mol. The van der Waals surface area contributed by atoms with Gasteiger partial charge in [0, 0.05) is 12.3 Å². The Labute approximate surface area is 113 Å². The van der Waals surface area contributed by atoms with Crippen LogP contribution in [-0.4, -0.2) is 36.5 Å². The number of hydrogen-bond acceptors (Lipinski definition) is 5. The number of carbonyl (C=O) groups excluding carboxylic acids is 3. The van der Waals surface area contributed by atoms with Gasteiger partial charge in [0.25, 0.3) is 0 Å². The van der Waals surface area contributed by atoms with E-state index in [4.69, 9.17) is 14.3 Å². The van der Waals surface area contributed by atoms with Crippen molar-refractivity contribution in [1.29, 1.82) is 0 Å². The molecule has 5 heteroatoms. The van der Waals surface area contributed by atoms with E-state index >= 15 is 0 Å². The first-order valence-corrected chi connectivity index (χ1v) is 6.12. The van der Waals surface area contributed by atoms with Crippen LogP contribution >= 0.6 is 0 Å². The molecule has 1 heterocycles. The highest BCUT2D eigenvalue weighted by Crippen LogP contribution is 2.23. The van der Waals surface area contributed by atoms with Gasteiger partial charge < -0.3 is 14.3 Å². The summed E-state index contributed by atoms with van der Waals surface area (Å²) in [6.07, 6.45) is 0.228. The number of esters is 1. The summed E-state index contributed by atoms with van der Waals surface area (Å²) in [5.41, 5.74) is 1.88. The molecule has 0 aromatic carbocycles. The highest BCUT2D eigenvalue weighted by atomic mass is 16.6. The van der Waals surface area contributed by atoms with Gasteiger partial charge in [0.15, 0.2) is 5.94 Å². The standard InChI is InChI=1S/C11H18O4.C3H2O/c1-7-6-14-9(3)11(7)15-10(13)5-4-8(2)12;1-2-3-4/h7,9,11H,4-6H2,1-3H3;1H2. The van der Waals surface area contributed by atoms with Crippen LogP contribution < -0.4 is 0 Å². The first-order chi connectivity index (χ1) is 8.92. The summed E-state index contributed by atoms with van der Waals surface area (Å²) in [5, 5.41) is 0. The van der Waals surface area contributed by atoms with Gasteiger partial charge in [0.05, 0.1) is 19.1 Å². The molecule has 0 aromatic rings. The van der Waals surface area contributed by atoms with Gasteiger partial charge in [-0.1, -0.05) is 6.92 Å². The van der Waals surface area contributed by atoms with Gasteiger partial charge in [0.1, 0.15) is 11.9 Å². The molecular formula is C14H20O5. The molecule has 0 amide bonds. The van der Waals surface area contributed by atoms with Gasteiger partial charge in [-0.2, -0.15) is 0 Å². The summed E-state index contributed by atoms with van der Waals surface area (Å²) in [5.74, 6) is 1.26. The second-order valence-corrected chi connectivity index (χ2v) is 4.45. The average Bonchev–Trinajstić information content (AvgIpc) is 2.68. The quantitative estimate of drug-likeness (QED) is 0.439. The molecule has 0 saturated carbocycles. The van der Waals surface area contributed by atoms with Crippen molar-refractivity contribution in [3.05, 3.63) is 12.3 Å². The van der Waals surface area contributed by atoms with Crippen LogP contribution in [0.25, 0.3) is 0 Å². The molecule has 106 valence electrons. The normalized spacial score (nSPS) is 24.5. The van der Waals surface area contributed by atoms with Crippen LogP contribution in [0.4, 0.5) is 0 Å². The second kappa shape index (κ2) is 9.29. The lowest BCUT2D eigenvalue weighted by Gasteiger charge is -2.18. The van der Waals surface area contributed by atoms with Crippen molar-refractivity contribution in [2.45, 2.75) is 45.8 Å². The Hall–Kier alpha value is -1.67. The molecule has 1 rings (SSSR count). The average molecular weight is 268 g/mol. The maximum Gasteiger partial charge on any atom is 0.306 e. The van der Waals surface area contributed by atoms with Crippen molar-refractivity contribution >= 4 is 17.7 Å². The van der Waals surface area contributed by atoms with Crippen LogP contribution in [0.15, 0.2) is 12.3 Å². The Morgan fingerprint density at radius 2 is 1.95 bits per heavy atom. The Balaban J connectivity index is 0.000000711. The van der Waals surface area contributed by atoms with E-state index in [0.29, 0.717) is 6.61 Å². The zero-order valence-electron chi connectivity index (χ0n) is 11.6. The fraction of sp³-hybridized carbons (Fsp3) is 0.643. The summed E-state index contributed by atoms with van der Waals surface area (Å²) in [7, 11) is 0. The van der Waals surface area contributed by atoms with E-state index in [2.05, 4.69) is 6.58 Å². The SMILES string of the molecule is C=C=C=O.CC(=O)CCC(=O)OC1C(C)COC1C. The zero-order chi connectivity index (χ0) is 14.8. The Bertz CT molecular complexity index is 357. The van der Waals surface area contributed by atoms with Crippen LogP contribution in [0.1, 0.15) is 33.6 Å². The van der Waals surface area contributed by atoms with Gasteiger partial charge in [-0.15, -0.1) is 0 Å².